The number of halogens is 3. The smallest absolute Gasteiger partial charge is 0.416 e. The van der Waals surface area contributed by atoms with E-state index in [0.29, 0.717) is 27.9 Å². The van der Waals surface area contributed by atoms with Crippen molar-refractivity contribution in [1.29, 1.82) is 0 Å². The minimum atomic E-state index is -4.49. The molecule has 1 amide bonds. The summed E-state index contributed by atoms with van der Waals surface area (Å²) in [5, 5.41) is 3.31. The Kier molecular flexibility index (Phi) is 7.76. The molecule has 0 aliphatic heterocycles. The monoisotopic (exact) mass is 608 g/mol. The van der Waals surface area contributed by atoms with Crippen LogP contribution in [-0.4, -0.2) is 35.1 Å². The van der Waals surface area contributed by atoms with Crippen molar-refractivity contribution in [2.45, 2.75) is 24.5 Å². The molecule has 1 N–H and O–H groups in total. The second kappa shape index (κ2) is 11.3. The average Bonchev–Trinajstić information content (AvgIpc) is 2.95. The van der Waals surface area contributed by atoms with Crippen LogP contribution in [0.5, 0.6) is 11.8 Å². The van der Waals surface area contributed by atoms with Gasteiger partial charge in [0, 0.05) is 29.8 Å². The van der Waals surface area contributed by atoms with Crippen LogP contribution < -0.4 is 15.6 Å². The van der Waals surface area contributed by atoms with Crippen LogP contribution in [0, 0.1) is 6.92 Å². The first-order chi connectivity index (χ1) is 20.3. The molecule has 13 heteroatoms. The minimum absolute atomic E-state index is 0.0817. The highest BCUT2D eigenvalue weighted by molar-refractivity contribution is 7.90. The van der Waals surface area contributed by atoms with Crippen molar-refractivity contribution < 1.29 is 31.1 Å². The number of rotatable bonds is 7. The van der Waals surface area contributed by atoms with Crippen LogP contribution in [0.25, 0.3) is 16.7 Å². The summed E-state index contributed by atoms with van der Waals surface area (Å²) in [5.74, 6) is -0.298. The van der Waals surface area contributed by atoms with Gasteiger partial charge in [-0.05, 0) is 79.2 Å². The van der Waals surface area contributed by atoms with Crippen molar-refractivity contribution in [1.82, 2.24) is 19.9 Å². The molecule has 5 aromatic rings. The lowest BCUT2D eigenvalue weighted by molar-refractivity contribution is -0.137. The predicted molar refractivity (Wildman–Crippen MR) is 152 cm³/mol. The van der Waals surface area contributed by atoms with E-state index in [9.17, 15) is 31.2 Å². The largest absolute Gasteiger partial charge is 0.424 e. The second-order valence-electron chi connectivity index (χ2n) is 9.61. The summed E-state index contributed by atoms with van der Waals surface area (Å²) in [6, 6.07) is 19.2. The molecule has 0 unspecified atom stereocenters. The molecule has 0 spiro atoms. The maximum absolute atomic E-state index is 12.9. The fourth-order valence-electron chi connectivity index (χ4n) is 4.25. The fourth-order valence-corrected chi connectivity index (χ4v) is 4.88. The number of hydrogen-bond donors (Lipinski definition) is 1. The molecule has 5 rings (SSSR count). The Hall–Kier alpha value is -5.04. The Morgan fingerprint density at radius 3 is 2.16 bits per heavy atom. The number of alkyl halides is 3. The predicted octanol–water partition coefficient (Wildman–Crippen LogP) is 5.23. The number of amides is 1. The highest BCUT2D eigenvalue weighted by Crippen LogP contribution is 2.31. The van der Waals surface area contributed by atoms with Crippen molar-refractivity contribution in [2.75, 3.05) is 6.26 Å². The van der Waals surface area contributed by atoms with E-state index in [-0.39, 0.29) is 34.8 Å². The summed E-state index contributed by atoms with van der Waals surface area (Å²) in [5.41, 5.74) is 0.872. The van der Waals surface area contributed by atoms with Crippen LogP contribution in [-0.2, 0) is 22.6 Å². The van der Waals surface area contributed by atoms with E-state index in [1.54, 1.807) is 37.3 Å². The number of fused-ring (bicyclic) bond motifs is 1. The minimum Gasteiger partial charge on any atom is -0.424 e. The van der Waals surface area contributed by atoms with Gasteiger partial charge in [-0.3, -0.25) is 14.2 Å². The molecule has 220 valence electrons. The number of carbonyl (C=O) groups excluding carboxylic acids is 1. The maximum atomic E-state index is 12.9. The van der Waals surface area contributed by atoms with Crippen molar-refractivity contribution in [3.63, 3.8) is 0 Å². The Labute approximate surface area is 243 Å². The molecule has 2 heterocycles. The van der Waals surface area contributed by atoms with E-state index in [4.69, 9.17) is 4.74 Å². The molecule has 2 aromatic heterocycles. The van der Waals surface area contributed by atoms with Crippen LogP contribution >= 0.6 is 0 Å². The van der Waals surface area contributed by atoms with Crippen molar-refractivity contribution >= 4 is 26.8 Å². The van der Waals surface area contributed by atoms with Crippen LogP contribution in [0.2, 0.25) is 0 Å². The third-order valence-corrected chi connectivity index (χ3v) is 7.63. The lowest BCUT2D eigenvalue weighted by Crippen LogP contribution is -2.23. The van der Waals surface area contributed by atoms with Gasteiger partial charge in [0.2, 0.25) is 0 Å². The number of carbonyl (C=O) groups is 1. The zero-order chi connectivity index (χ0) is 30.9. The summed E-state index contributed by atoms with van der Waals surface area (Å²) >= 11 is 0. The lowest BCUT2D eigenvalue weighted by Gasteiger charge is -2.13. The van der Waals surface area contributed by atoms with Gasteiger partial charge in [-0.2, -0.15) is 23.1 Å². The maximum Gasteiger partial charge on any atom is 0.416 e. The summed E-state index contributed by atoms with van der Waals surface area (Å²) in [6.07, 6.45) is -3.38. The number of ether oxygens (including phenoxy) is 1. The van der Waals surface area contributed by atoms with Crippen LogP contribution in [0.1, 0.15) is 27.2 Å². The second-order valence-corrected chi connectivity index (χ2v) is 11.6. The van der Waals surface area contributed by atoms with E-state index >= 15 is 0 Å². The molecule has 0 atom stereocenters. The topological polar surface area (TPSA) is 120 Å². The zero-order valence-corrected chi connectivity index (χ0v) is 23.5. The van der Waals surface area contributed by atoms with Gasteiger partial charge in [-0.1, -0.05) is 12.1 Å². The number of sulfone groups is 1. The van der Waals surface area contributed by atoms with E-state index in [0.717, 1.165) is 30.5 Å². The van der Waals surface area contributed by atoms with Crippen molar-refractivity contribution in [3.8, 4) is 17.4 Å². The number of hydrogen-bond acceptors (Lipinski definition) is 7. The van der Waals surface area contributed by atoms with Gasteiger partial charge in [-0.25, -0.2) is 8.42 Å². The first-order valence-electron chi connectivity index (χ1n) is 12.7. The fraction of sp³-hybridized carbons (Fsp3) is 0.133. The standard InChI is InChI=1S/C30H23F3N4O5S/c1-18-25-15-16-26(38)37(27(25)36-29(35-18)42-23-11-7-21(8-12-23)30(31,32)33)22-9-5-20(6-10-22)28(39)34-17-19-3-13-24(14-4-19)43(2,40)41/h3-16H,17H2,1-2H3,(H,34,39). The third kappa shape index (κ3) is 6.56. The van der Waals surface area contributed by atoms with Gasteiger partial charge in [-0.15, -0.1) is 0 Å². The molecular formula is C30H23F3N4O5S. The first-order valence-corrected chi connectivity index (χ1v) is 14.6. The normalized spacial score (nSPS) is 11.8. The quantitative estimate of drug-likeness (QED) is 0.269. The Morgan fingerprint density at radius 2 is 1.56 bits per heavy atom. The van der Waals surface area contributed by atoms with Gasteiger partial charge in [0.25, 0.3) is 11.5 Å². The molecule has 0 saturated heterocycles. The zero-order valence-electron chi connectivity index (χ0n) is 22.7. The molecule has 0 aliphatic rings. The Morgan fingerprint density at radius 1 is 0.907 bits per heavy atom. The van der Waals surface area contributed by atoms with Crippen molar-refractivity contribution in [3.05, 3.63) is 118 Å². The number of aryl methyl sites for hydroxylation is 1. The van der Waals surface area contributed by atoms with Gasteiger partial charge < -0.3 is 10.1 Å². The highest BCUT2D eigenvalue weighted by atomic mass is 32.2. The van der Waals surface area contributed by atoms with Crippen LogP contribution in [0.3, 0.4) is 0 Å². The lowest BCUT2D eigenvalue weighted by atomic mass is 10.1. The number of nitrogens with one attached hydrogen (secondary N) is 1. The van der Waals surface area contributed by atoms with E-state index in [1.807, 2.05) is 0 Å². The molecule has 0 fully saturated rings. The third-order valence-electron chi connectivity index (χ3n) is 6.50. The molecular weight excluding hydrogens is 585 g/mol. The molecule has 3 aromatic carbocycles. The van der Waals surface area contributed by atoms with Gasteiger partial charge in [0.1, 0.15) is 5.75 Å². The van der Waals surface area contributed by atoms with E-state index in [2.05, 4.69) is 15.3 Å². The van der Waals surface area contributed by atoms with Gasteiger partial charge in [0.05, 0.1) is 21.8 Å². The number of benzene rings is 3. The molecule has 0 saturated carbocycles. The summed E-state index contributed by atoms with van der Waals surface area (Å²) in [6.45, 7) is 1.85. The molecule has 9 nitrogen and oxygen atoms in total. The van der Waals surface area contributed by atoms with Crippen LogP contribution in [0.15, 0.2) is 94.6 Å². The number of aromatic nitrogens is 3. The molecule has 0 bridgehead atoms. The van der Waals surface area contributed by atoms with Gasteiger partial charge in [0.15, 0.2) is 15.5 Å². The van der Waals surface area contributed by atoms with Crippen LogP contribution in [0.4, 0.5) is 13.2 Å². The Bertz CT molecular complexity index is 1990. The molecule has 0 radical (unpaired) electrons. The molecule has 0 aliphatic carbocycles. The first kappa shape index (κ1) is 29.5. The van der Waals surface area contributed by atoms with E-state index in [1.165, 1.54) is 34.9 Å². The van der Waals surface area contributed by atoms with E-state index < -0.39 is 27.1 Å². The molecule has 43 heavy (non-hydrogen) atoms. The highest BCUT2D eigenvalue weighted by Gasteiger charge is 2.30. The van der Waals surface area contributed by atoms with Crippen molar-refractivity contribution in [2.24, 2.45) is 0 Å². The summed E-state index contributed by atoms with van der Waals surface area (Å²) in [7, 11) is -3.32. The number of nitrogens with zero attached hydrogens (tertiary/aromatic N) is 3. The summed E-state index contributed by atoms with van der Waals surface area (Å²) < 4.78 is 68.9. The summed E-state index contributed by atoms with van der Waals surface area (Å²) in [4.78, 5) is 34.5. The number of pyridine rings is 1. The average molecular weight is 609 g/mol. The Balaban J connectivity index is 1.38. The van der Waals surface area contributed by atoms with Gasteiger partial charge >= 0.3 is 12.2 Å². The SMILES string of the molecule is Cc1nc(Oc2ccc(C(F)(F)F)cc2)nc2c1ccc(=O)n2-c1ccc(C(=O)NCc2ccc(S(C)(=O)=O)cc2)cc1.